The number of hydrogen-bond donors (Lipinski definition) is 1. The number of aromatic nitrogens is 3. The molecule has 1 aliphatic rings. The summed E-state index contributed by atoms with van der Waals surface area (Å²) in [6.45, 7) is 6.34. The summed E-state index contributed by atoms with van der Waals surface area (Å²) >= 11 is 11.9. The number of aldehydes is 1. The van der Waals surface area contributed by atoms with Crippen molar-refractivity contribution < 1.29 is 9.90 Å². The second-order valence-electron chi connectivity index (χ2n) is 8.11. The van der Waals surface area contributed by atoms with Gasteiger partial charge in [0.05, 0.1) is 24.8 Å². The summed E-state index contributed by atoms with van der Waals surface area (Å²) in [7, 11) is 1.00. The summed E-state index contributed by atoms with van der Waals surface area (Å²) in [4.78, 5) is 24.2. The lowest BCUT2D eigenvalue weighted by atomic mass is 10.1. The first-order chi connectivity index (χ1) is 19.5. The Morgan fingerprint density at radius 1 is 0.900 bits per heavy atom. The fraction of sp³-hybridized carbons (Fsp3) is 0.267. The molecule has 0 saturated carbocycles. The number of carbonyl (C=O) groups excluding carboxylic acids is 1. The maximum absolute atomic E-state index is 13.0. The van der Waals surface area contributed by atoms with Gasteiger partial charge in [0.2, 0.25) is 5.95 Å². The standard InChI is InChI=1S/C21H19Cl2N5O2.C6H6.C2H6.CH4O/c1-14(15-2-6-17(22)7-3-15)28-21(30)26(12-13-29)20(25-28)27-11-10-19(24-27)16-4-8-18(23)9-5-16;1-2-4-6-5-3-1;2*1-2/h2-9,13-14H,10-12H2,1H3;1-6H;1-2H3;2H,1H3. The molecular formula is C30H35Cl2N5O3. The highest BCUT2D eigenvalue weighted by Crippen LogP contribution is 2.23. The van der Waals surface area contributed by atoms with Gasteiger partial charge < -0.3 is 9.90 Å². The Hall–Kier alpha value is -3.72. The number of carbonyl (C=O) groups is 1. The van der Waals surface area contributed by atoms with Crippen molar-refractivity contribution >= 4 is 41.1 Å². The van der Waals surface area contributed by atoms with Crippen LogP contribution in [-0.2, 0) is 11.3 Å². The number of benzene rings is 3. The fourth-order valence-electron chi connectivity index (χ4n) is 3.79. The van der Waals surface area contributed by atoms with Crippen LogP contribution in [-0.4, -0.2) is 45.1 Å². The summed E-state index contributed by atoms with van der Waals surface area (Å²) < 4.78 is 2.71. The van der Waals surface area contributed by atoms with Crippen molar-refractivity contribution in [2.75, 3.05) is 18.7 Å². The van der Waals surface area contributed by atoms with Gasteiger partial charge in [-0.1, -0.05) is 97.7 Å². The lowest BCUT2D eigenvalue weighted by molar-refractivity contribution is -0.108. The van der Waals surface area contributed by atoms with Crippen LogP contribution in [0.1, 0.15) is 44.4 Å². The Morgan fingerprint density at radius 3 is 1.90 bits per heavy atom. The molecule has 4 aromatic rings. The summed E-state index contributed by atoms with van der Waals surface area (Å²) in [6, 6.07) is 26.4. The van der Waals surface area contributed by atoms with Crippen molar-refractivity contribution in [1.29, 1.82) is 0 Å². The predicted octanol–water partition coefficient (Wildman–Crippen LogP) is 6.10. The van der Waals surface area contributed by atoms with E-state index in [0.717, 1.165) is 23.9 Å². The maximum atomic E-state index is 13.0. The van der Waals surface area contributed by atoms with Crippen LogP contribution in [0.2, 0.25) is 10.0 Å². The van der Waals surface area contributed by atoms with Crippen molar-refractivity contribution in [2.24, 2.45) is 5.10 Å². The fourth-order valence-corrected chi connectivity index (χ4v) is 4.05. The van der Waals surface area contributed by atoms with E-state index in [9.17, 15) is 9.59 Å². The lowest BCUT2D eigenvalue weighted by Gasteiger charge is -2.12. The van der Waals surface area contributed by atoms with Crippen LogP contribution in [0.25, 0.3) is 0 Å². The van der Waals surface area contributed by atoms with Gasteiger partial charge in [0.15, 0.2) is 0 Å². The molecule has 0 radical (unpaired) electrons. The number of hydrazone groups is 1. The van der Waals surface area contributed by atoms with E-state index in [0.29, 0.717) is 35.2 Å². The minimum Gasteiger partial charge on any atom is -0.400 e. The van der Waals surface area contributed by atoms with E-state index >= 15 is 0 Å². The Labute approximate surface area is 245 Å². The molecule has 2 heterocycles. The van der Waals surface area contributed by atoms with Crippen molar-refractivity contribution in [2.45, 2.75) is 39.8 Å². The van der Waals surface area contributed by atoms with Crippen molar-refractivity contribution in [3.63, 3.8) is 0 Å². The zero-order valence-electron chi connectivity index (χ0n) is 23.1. The topological polar surface area (TPSA) is 92.7 Å². The van der Waals surface area contributed by atoms with Crippen LogP contribution in [0.3, 0.4) is 0 Å². The molecule has 0 amide bonds. The lowest BCUT2D eigenvalue weighted by Crippen LogP contribution is -2.29. The number of rotatable bonds is 6. The van der Waals surface area contributed by atoms with Gasteiger partial charge in [-0.15, -0.1) is 5.10 Å². The van der Waals surface area contributed by atoms with Gasteiger partial charge in [-0.25, -0.2) is 14.5 Å². The highest BCUT2D eigenvalue weighted by atomic mass is 35.5. The molecule has 1 aromatic heterocycles. The molecular weight excluding hydrogens is 549 g/mol. The SMILES string of the molecule is CC.CC(c1ccc(Cl)cc1)n1nc(N2CCC(c3ccc(Cl)cc3)=N2)n(CC=O)c1=O.CO.c1ccccc1. The molecule has 3 aromatic carbocycles. The molecule has 0 fully saturated rings. The maximum Gasteiger partial charge on any atom is 0.348 e. The van der Waals surface area contributed by atoms with Crippen LogP contribution in [0.15, 0.2) is 94.8 Å². The first-order valence-corrected chi connectivity index (χ1v) is 13.7. The van der Waals surface area contributed by atoms with E-state index in [1.54, 1.807) is 17.1 Å². The number of aliphatic hydroxyl groups is 1. The zero-order chi connectivity index (χ0) is 29.5. The van der Waals surface area contributed by atoms with Crippen LogP contribution >= 0.6 is 23.2 Å². The van der Waals surface area contributed by atoms with E-state index in [1.807, 2.05) is 93.6 Å². The van der Waals surface area contributed by atoms with Crippen molar-refractivity contribution in [3.05, 3.63) is 117 Å². The van der Waals surface area contributed by atoms with Gasteiger partial charge in [0, 0.05) is 23.6 Å². The number of hydrogen-bond acceptors (Lipinski definition) is 6. The van der Waals surface area contributed by atoms with Gasteiger partial charge in [-0.3, -0.25) is 4.57 Å². The number of nitrogens with zero attached hydrogens (tertiary/aromatic N) is 5. The van der Waals surface area contributed by atoms with Gasteiger partial charge in [-0.05, 0) is 42.3 Å². The summed E-state index contributed by atoms with van der Waals surface area (Å²) in [5.74, 6) is 0.344. The van der Waals surface area contributed by atoms with Gasteiger partial charge in [0.25, 0.3) is 0 Å². The van der Waals surface area contributed by atoms with Crippen molar-refractivity contribution in [1.82, 2.24) is 14.3 Å². The minimum atomic E-state index is -0.366. The smallest absolute Gasteiger partial charge is 0.348 e. The molecule has 10 heteroatoms. The monoisotopic (exact) mass is 583 g/mol. The second-order valence-corrected chi connectivity index (χ2v) is 8.99. The number of anilines is 1. The zero-order valence-corrected chi connectivity index (χ0v) is 24.6. The van der Waals surface area contributed by atoms with E-state index < -0.39 is 0 Å². The minimum absolute atomic E-state index is 0.0934. The molecule has 212 valence electrons. The second kappa shape index (κ2) is 17.1. The largest absolute Gasteiger partial charge is 0.400 e. The normalized spacial score (nSPS) is 12.5. The first kappa shape index (κ1) is 32.5. The molecule has 1 N–H and O–H groups in total. The summed E-state index contributed by atoms with van der Waals surface area (Å²) in [5, 5.41) is 19.1. The van der Waals surface area contributed by atoms with Crippen LogP contribution in [0, 0.1) is 0 Å². The molecule has 5 rings (SSSR count). The van der Waals surface area contributed by atoms with Crippen molar-refractivity contribution in [3.8, 4) is 0 Å². The van der Waals surface area contributed by atoms with E-state index in [2.05, 4.69) is 10.2 Å². The average Bonchev–Trinajstić information content (AvgIpc) is 3.62. The number of halogens is 2. The third-order valence-corrected chi connectivity index (χ3v) is 6.22. The highest BCUT2D eigenvalue weighted by molar-refractivity contribution is 6.30. The molecule has 8 nitrogen and oxygen atoms in total. The van der Waals surface area contributed by atoms with Crippen LogP contribution in [0.5, 0.6) is 0 Å². The first-order valence-electron chi connectivity index (χ1n) is 12.9. The molecule has 40 heavy (non-hydrogen) atoms. The van der Waals surface area contributed by atoms with E-state index in [-0.39, 0.29) is 18.3 Å². The van der Waals surface area contributed by atoms with E-state index in [4.69, 9.17) is 28.3 Å². The summed E-state index contributed by atoms with van der Waals surface area (Å²) in [6.07, 6.45) is 1.38. The molecule has 1 atom stereocenters. The third kappa shape index (κ3) is 8.64. The van der Waals surface area contributed by atoms with Gasteiger partial charge in [-0.2, -0.15) is 5.10 Å². The quantitative estimate of drug-likeness (QED) is 0.277. The van der Waals surface area contributed by atoms with Gasteiger partial charge >= 0.3 is 5.69 Å². The van der Waals surface area contributed by atoms with Crippen LogP contribution in [0.4, 0.5) is 5.95 Å². The third-order valence-electron chi connectivity index (χ3n) is 5.72. The average molecular weight is 585 g/mol. The predicted molar refractivity (Wildman–Crippen MR) is 164 cm³/mol. The van der Waals surface area contributed by atoms with E-state index in [1.165, 1.54) is 9.25 Å². The highest BCUT2D eigenvalue weighted by Gasteiger charge is 2.26. The Kier molecular flexibility index (Phi) is 13.9. The Balaban J connectivity index is 0.000000482. The molecule has 1 unspecified atom stereocenters. The Bertz CT molecular complexity index is 1360. The Morgan fingerprint density at radius 2 is 1.40 bits per heavy atom. The summed E-state index contributed by atoms with van der Waals surface area (Å²) in [5.41, 5.74) is 2.35. The number of aliphatic hydroxyl groups excluding tert-OH is 1. The molecule has 1 aliphatic heterocycles. The van der Waals surface area contributed by atoms with Crippen LogP contribution < -0.4 is 10.7 Å². The molecule has 0 aliphatic carbocycles. The molecule has 0 saturated heterocycles. The van der Waals surface area contributed by atoms with Gasteiger partial charge in [0.1, 0.15) is 6.29 Å². The molecule has 0 bridgehead atoms. The molecule has 0 spiro atoms.